The maximum absolute atomic E-state index is 12.6. The third-order valence-corrected chi connectivity index (χ3v) is 5.24. The number of hydrogen-bond acceptors (Lipinski definition) is 3. The zero-order valence-electron chi connectivity index (χ0n) is 16.4. The van der Waals surface area contributed by atoms with E-state index in [1.54, 1.807) is 0 Å². The average Bonchev–Trinajstić information content (AvgIpc) is 3.08. The fourth-order valence-corrected chi connectivity index (χ4v) is 3.70. The first-order valence-corrected chi connectivity index (χ1v) is 10.3. The Hall–Kier alpha value is -2.62. The van der Waals surface area contributed by atoms with Gasteiger partial charge < -0.3 is 4.74 Å². The summed E-state index contributed by atoms with van der Waals surface area (Å²) in [5.74, 6) is -0.104. The van der Waals surface area contributed by atoms with E-state index in [9.17, 15) is 9.59 Å². The number of carbonyl (C=O) groups excluding carboxylic acids is 2. The molecule has 0 aliphatic carbocycles. The Labute approximate surface area is 167 Å². The molecule has 1 atom stereocenters. The highest BCUT2D eigenvalue weighted by Gasteiger charge is 2.37. The molecule has 28 heavy (non-hydrogen) atoms. The molecule has 0 unspecified atom stereocenters. The maximum atomic E-state index is 12.6. The number of cyclic esters (lactones) is 1. The van der Waals surface area contributed by atoms with E-state index in [4.69, 9.17) is 4.74 Å². The van der Waals surface area contributed by atoms with Crippen molar-refractivity contribution in [1.29, 1.82) is 0 Å². The summed E-state index contributed by atoms with van der Waals surface area (Å²) in [6.07, 6.45) is 7.00. The second-order valence-corrected chi connectivity index (χ2v) is 7.44. The monoisotopic (exact) mass is 379 g/mol. The predicted octanol–water partition coefficient (Wildman–Crippen LogP) is 5.16. The van der Waals surface area contributed by atoms with E-state index in [-0.39, 0.29) is 11.9 Å². The molecule has 148 valence electrons. The van der Waals surface area contributed by atoms with Gasteiger partial charge in [0.25, 0.3) is 0 Å². The maximum Gasteiger partial charge on any atom is 0.416 e. The normalized spacial score (nSPS) is 16.2. The van der Waals surface area contributed by atoms with Gasteiger partial charge in [0.05, 0.1) is 6.04 Å². The molecular formula is C24H29NO3. The minimum atomic E-state index is -0.492. The minimum absolute atomic E-state index is 0.104. The van der Waals surface area contributed by atoms with Gasteiger partial charge >= 0.3 is 6.09 Å². The van der Waals surface area contributed by atoms with Crippen LogP contribution in [0.4, 0.5) is 4.79 Å². The molecule has 1 aliphatic rings. The Bertz CT molecular complexity index is 745. The molecule has 1 heterocycles. The molecule has 4 nitrogen and oxygen atoms in total. The number of ether oxygens (including phenoxy) is 1. The SMILES string of the molecule is O=C(CCCCCCCc1ccccc1)N1C(=O)OC[C@H]1Cc1ccccc1. The number of hydrogen-bond donors (Lipinski definition) is 0. The molecule has 0 saturated carbocycles. The Morgan fingerprint density at radius 1 is 0.857 bits per heavy atom. The molecule has 1 fully saturated rings. The number of nitrogens with zero attached hydrogens (tertiary/aromatic N) is 1. The number of aryl methyl sites for hydroxylation is 1. The molecule has 0 N–H and O–H groups in total. The summed E-state index contributed by atoms with van der Waals surface area (Å²) in [6, 6.07) is 20.3. The molecule has 0 spiro atoms. The average molecular weight is 380 g/mol. The van der Waals surface area contributed by atoms with Gasteiger partial charge in [0, 0.05) is 6.42 Å². The van der Waals surface area contributed by atoms with Crippen LogP contribution >= 0.6 is 0 Å². The lowest BCUT2D eigenvalue weighted by molar-refractivity contribution is -0.129. The molecule has 0 radical (unpaired) electrons. The van der Waals surface area contributed by atoms with Crippen molar-refractivity contribution in [2.75, 3.05) is 6.61 Å². The second kappa shape index (κ2) is 10.6. The predicted molar refractivity (Wildman–Crippen MR) is 110 cm³/mol. The molecule has 2 aromatic carbocycles. The van der Waals surface area contributed by atoms with Crippen LogP contribution in [0.2, 0.25) is 0 Å². The highest BCUT2D eigenvalue weighted by Crippen LogP contribution is 2.19. The number of rotatable bonds is 10. The highest BCUT2D eigenvalue weighted by atomic mass is 16.6. The molecule has 1 aliphatic heterocycles. The lowest BCUT2D eigenvalue weighted by Crippen LogP contribution is -2.40. The van der Waals surface area contributed by atoms with Crippen LogP contribution < -0.4 is 0 Å². The fourth-order valence-electron chi connectivity index (χ4n) is 3.70. The van der Waals surface area contributed by atoms with Gasteiger partial charge in [0.15, 0.2) is 0 Å². The van der Waals surface area contributed by atoms with Gasteiger partial charge in [-0.15, -0.1) is 0 Å². The van der Waals surface area contributed by atoms with Crippen LogP contribution in [0.1, 0.15) is 49.7 Å². The van der Waals surface area contributed by atoms with Gasteiger partial charge in [-0.05, 0) is 36.8 Å². The van der Waals surface area contributed by atoms with E-state index in [1.165, 1.54) is 23.3 Å². The summed E-state index contributed by atoms with van der Waals surface area (Å²) in [7, 11) is 0. The van der Waals surface area contributed by atoms with E-state index in [0.29, 0.717) is 19.4 Å². The zero-order chi connectivity index (χ0) is 19.6. The number of amides is 2. The standard InChI is InChI=1S/C24H29NO3/c26-23(17-11-3-1-2-6-12-20-13-7-4-8-14-20)25-22(19-28-24(25)27)18-21-15-9-5-10-16-21/h4-5,7-10,13-16,22H,1-3,6,11-12,17-19H2/t22-/m1/s1. The number of imide groups is 1. The Morgan fingerprint density at radius 2 is 1.46 bits per heavy atom. The summed E-state index contributed by atoms with van der Waals surface area (Å²) < 4.78 is 5.14. The van der Waals surface area contributed by atoms with Crippen LogP contribution in [-0.2, 0) is 22.4 Å². The summed E-state index contributed by atoms with van der Waals surface area (Å²) in [6.45, 7) is 0.291. The van der Waals surface area contributed by atoms with Crippen LogP contribution in [0, 0.1) is 0 Å². The molecule has 1 saturated heterocycles. The highest BCUT2D eigenvalue weighted by molar-refractivity contribution is 5.93. The summed E-state index contributed by atoms with van der Waals surface area (Å²) >= 11 is 0. The fraction of sp³-hybridized carbons (Fsp3) is 0.417. The molecule has 0 bridgehead atoms. The van der Waals surface area contributed by atoms with Crippen molar-refractivity contribution in [3.05, 3.63) is 71.8 Å². The van der Waals surface area contributed by atoms with Gasteiger partial charge in [-0.25, -0.2) is 9.69 Å². The van der Waals surface area contributed by atoms with Crippen LogP contribution in [-0.4, -0.2) is 29.5 Å². The van der Waals surface area contributed by atoms with Crippen LogP contribution in [0.25, 0.3) is 0 Å². The second-order valence-electron chi connectivity index (χ2n) is 7.44. The smallest absolute Gasteiger partial charge is 0.416 e. The number of unbranched alkanes of at least 4 members (excludes halogenated alkanes) is 4. The van der Waals surface area contributed by atoms with E-state index in [0.717, 1.165) is 31.2 Å². The van der Waals surface area contributed by atoms with Crippen molar-refractivity contribution in [3.8, 4) is 0 Å². The van der Waals surface area contributed by atoms with Gasteiger partial charge in [-0.2, -0.15) is 0 Å². The lowest BCUT2D eigenvalue weighted by Gasteiger charge is -2.19. The van der Waals surface area contributed by atoms with Crippen molar-refractivity contribution in [2.45, 2.75) is 57.4 Å². The molecule has 3 rings (SSSR count). The Kier molecular flexibility index (Phi) is 7.65. The van der Waals surface area contributed by atoms with Crippen LogP contribution in [0.3, 0.4) is 0 Å². The number of carbonyl (C=O) groups is 2. The van der Waals surface area contributed by atoms with Crippen molar-refractivity contribution >= 4 is 12.0 Å². The van der Waals surface area contributed by atoms with Crippen molar-refractivity contribution in [2.24, 2.45) is 0 Å². The van der Waals surface area contributed by atoms with Gasteiger partial charge in [0.1, 0.15) is 6.61 Å². The molecule has 4 heteroatoms. The minimum Gasteiger partial charge on any atom is -0.447 e. The third-order valence-electron chi connectivity index (χ3n) is 5.24. The van der Waals surface area contributed by atoms with Crippen molar-refractivity contribution in [3.63, 3.8) is 0 Å². The van der Waals surface area contributed by atoms with Crippen LogP contribution in [0.15, 0.2) is 60.7 Å². The molecule has 2 amide bonds. The first-order valence-electron chi connectivity index (χ1n) is 10.3. The largest absolute Gasteiger partial charge is 0.447 e. The van der Waals surface area contributed by atoms with E-state index in [2.05, 4.69) is 24.3 Å². The lowest BCUT2D eigenvalue weighted by atomic mass is 10.0. The van der Waals surface area contributed by atoms with E-state index < -0.39 is 6.09 Å². The number of benzene rings is 2. The first kappa shape index (κ1) is 20.1. The quantitative estimate of drug-likeness (QED) is 0.536. The van der Waals surface area contributed by atoms with Gasteiger partial charge in [-0.1, -0.05) is 79.9 Å². The third kappa shape index (κ3) is 5.95. The zero-order valence-corrected chi connectivity index (χ0v) is 16.4. The van der Waals surface area contributed by atoms with Crippen molar-refractivity contribution in [1.82, 2.24) is 4.90 Å². The molecule has 2 aromatic rings. The topological polar surface area (TPSA) is 46.6 Å². The summed E-state index contributed by atoms with van der Waals surface area (Å²) in [5, 5.41) is 0. The Balaban J connectivity index is 1.34. The van der Waals surface area contributed by atoms with Gasteiger partial charge in [-0.3, -0.25) is 4.79 Å². The van der Waals surface area contributed by atoms with Crippen molar-refractivity contribution < 1.29 is 14.3 Å². The molecular weight excluding hydrogens is 350 g/mol. The van der Waals surface area contributed by atoms with Gasteiger partial charge in [0.2, 0.25) is 5.91 Å². The summed E-state index contributed by atoms with van der Waals surface area (Å²) in [5.41, 5.74) is 2.50. The molecule has 0 aromatic heterocycles. The van der Waals surface area contributed by atoms with Crippen LogP contribution in [0.5, 0.6) is 0 Å². The van der Waals surface area contributed by atoms with E-state index >= 15 is 0 Å². The first-order chi connectivity index (χ1) is 13.7. The Morgan fingerprint density at radius 3 is 2.18 bits per heavy atom. The van der Waals surface area contributed by atoms with E-state index in [1.807, 2.05) is 36.4 Å². The summed E-state index contributed by atoms with van der Waals surface area (Å²) in [4.78, 5) is 25.9.